The molecular formula is C36H40N6O2. The van der Waals surface area contributed by atoms with Crippen LogP contribution in [0.4, 0.5) is 11.4 Å². The molecule has 226 valence electrons. The molecule has 2 aromatic carbocycles. The zero-order valence-corrected chi connectivity index (χ0v) is 25.9. The summed E-state index contributed by atoms with van der Waals surface area (Å²) in [7, 11) is 0. The fourth-order valence-electron chi connectivity index (χ4n) is 5.37. The lowest BCUT2D eigenvalue weighted by molar-refractivity contribution is 0.101. The van der Waals surface area contributed by atoms with Crippen molar-refractivity contribution in [1.82, 2.24) is 20.6 Å². The minimum absolute atomic E-state index is 0.245. The van der Waals surface area contributed by atoms with E-state index in [9.17, 15) is 9.59 Å². The third-order valence-corrected chi connectivity index (χ3v) is 8.67. The third kappa shape index (κ3) is 6.87. The fourth-order valence-corrected chi connectivity index (χ4v) is 5.37. The maximum absolute atomic E-state index is 13.2. The van der Waals surface area contributed by atoms with E-state index in [0.29, 0.717) is 23.5 Å². The van der Waals surface area contributed by atoms with Crippen molar-refractivity contribution in [2.45, 2.75) is 78.6 Å². The molecular weight excluding hydrogens is 548 g/mol. The molecule has 2 heterocycles. The topological polar surface area (TPSA) is 108 Å². The SMILES string of the molecule is Cc1cc(C(=O)Nc2cccc(-c3cccc(NC(=O)c4cc(C)c(CNC5CC5)cn4)c3C)c2C)ncc1CNC1CC1. The molecule has 0 radical (unpaired) electrons. The molecule has 0 aliphatic heterocycles. The summed E-state index contributed by atoms with van der Waals surface area (Å²) in [5.74, 6) is -0.491. The number of amides is 2. The first-order valence-electron chi connectivity index (χ1n) is 15.5. The number of anilines is 2. The fraction of sp³-hybridized carbons (Fsp3) is 0.333. The molecule has 6 rings (SSSR count). The molecule has 2 aliphatic carbocycles. The Morgan fingerprint density at radius 1 is 0.659 bits per heavy atom. The first kappa shape index (κ1) is 29.7. The predicted octanol–water partition coefficient (Wildman–Crippen LogP) is 6.39. The van der Waals surface area contributed by atoms with E-state index in [-0.39, 0.29) is 11.8 Å². The number of aryl methyl sites for hydroxylation is 2. The van der Waals surface area contributed by atoms with Gasteiger partial charge in [0.05, 0.1) is 0 Å². The van der Waals surface area contributed by atoms with Crippen LogP contribution in [0.25, 0.3) is 11.1 Å². The van der Waals surface area contributed by atoms with E-state index >= 15 is 0 Å². The largest absolute Gasteiger partial charge is 0.320 e. The molecule has 2 saturated carbocycles. The van der Waals surface area contributed by atoms with Gasteiger partial charge in [0.15, 0.2) is 0 Å². The molecule has 0 unspecified atom stereocenters. The van der Waals surface area contributed by atoms with Crippen LogP contribution >= 0.6 is 0 Å². The highest BCUT2D eigenvalue weighted by atomic mass is 16.2. The zero-order valence-electron chi connectivity index (χ0n) is 25.9. The Labute approximate surface area is 259 Å². The molecule has 8 heteroatoms. The van der Waals surface area contributed by atoms with Crippen LogP contribution in [0.15, 0.2) is 60.9 Å². The molecule has 8 nitrogen and oxygen atoms in total. The Balaban J connectivity index is 1.16. The van der Waals surface area contributed by atoms with Gasteiger partial charge in [-0.25, -0.2) is 0 Å². The molecule has 4 N–H and O–H groups in total. The lowest BCUT2D eigenvalue weighted by atomic mass is 9.94. The van der Waals surface area contributed by atoms with E-state index < -0.39 is 0 Å². The van der Waals surface area contributed by atoms with Gasteiger partial charge in [0.2, 0.25) is 0 Å². The van der Waals surface area contributed by atoms with E-state index in [0.717, 1.165) is 69.0 Å². The molecule has 2 fully saturated rings. The highest BCUT2D eigenvalue weighted by molar-refractivity contribution is 6.05. The number of carbonyl (C=O) groups excluding carboxylic acids is 2. The number of rotatable bonds is 11. The number of hydrogen-bond acceptors (Lipinski definition) is 6. The summed E-state index contributed by atoms with van der Waals surface area (Å²) in [6.07, 6.45) is 8.51. The lowest BCUT2D eigenvalue weighted by Crippen LogP contribution is -2.18. The van der Waals surface area contributed by atoms with Crippen LogP contribution in [0.1, 0.15) is 80.0 Å². The minimum atomic E-state index is -0.245. The van der Waals surface area contributed by atoms with Crippen molar-refractivity contribution in [2.75, 3.05) is 10.6 Å². The molecule has 2 aliphatic rings. The normalized spacial score (nSPS) is 14.4. The molecule has 4 aromatic rings. The van der Waals surface area contributed by atoms with E-state index in [1.54, 1.807) is 12.4 Å². The van der Waals surface area contributed by atoms with Crippen molar-refractivity contribution in [1.29, 1.82) is 0 Å². The van der Waals surface area contributed by atoms with Crippen molar-refractivity contribution in [3.05, 3.63) is 106 Å². The zero-order chi connectivity index (χ0) is 30.8. The van der Waals surface area contributed by atoms with Crippen LogP contribution in [-0.4, -0.2) is 33.9 Å². The highest BCUT2D eigenvalue weighted by Crippen LogP contribution is 2.34. The van der Waals surface area contributed by atoms with Crippen molar-refractivity contribution >= 4 is 23.2 Å². The van der Waals surface area contributed by atoms with Gasteiger partial charge in [0, 0.05) is 48.9 Å². The Kier molecular flexibility index (Phi) is 8.55. The monoisotopic (exact) mass is 588 g/mol. The number of carbonyl (C=O) groups is 2. The Bertz CT molecular complexity index is 1600. The van der Waals surface area contributed by atoms with Crippen LogP contribution in [-0.2, 0) is 13.1 Å². The molecule has 2 amide bonds. The van der Waals surface area contributed by atoms with E-state index in [4.69, 9.17) is 0 Å². The summed E-state index contributed by atoms with van der Waals surface area (Å²) in [6, 6.07) is 16.7. The van der Waals surface area contributed by atoms with Crippen molar-refractivity contribution in [3.8, 4) is 11.1 Å². The van der Waals surface area contributed by atoms with Gasteiger partial charge >= 0.3 is 0 Å². The van der Waals surface area contributed by atoms with Crippen molar-refractivity contribution in [2.24, 2.45) is 0 Å². The molecule has 0 atom stereocenters. The first-order valence-corrected chi connectivity index (χ1v) is 15.5. The average Bonchev–Trinajstić information content (AvgIpc) is 3.94. The molecule has 0 bridgehead atoms. The van der Waals surface area contributed by atoms with Crippen LogP contribution in [0.5, 0.6) is 0 Å². The van der Waals surface area contributed by atoms with E-state index in [1.165, 1.54) is 25.7 Å². The summed E-state index contributed by atoms with van der Waals surface area (Å²) < 4.78 is 0. The Morgan fingerprint density at radius 3 is 1.43 bits per heavy atom. The second-order valence-corrected chi connectivity index (χ2v) is 12.2. The number of pyridine rings is 2. The number of nitrogens with zero attached hydrogens (tertiary/aromatic N) is 2. The van der Waals surface area contributed by atoms with Crippen molar-refractivity contribution < 1.29 is 9.59 Å². The van der Waals surface area contributed by atoms with Crippen LogP contribution in [0, 0.1) is 27.7 Å². The van der Waals surface area contributed by atoms with Crippen LogP contribution in [0.3, 0.4) is 0 Å². The quantitative estimate of drug-likeness (QED) is 0.162. The summed E-state index contributed by atoms with van der Waals surface area (Å²) in [5, 5.41) is 13.1. The van der Waals surface area contributed by atoms with Gasteiger partial charge < -0.3 is 21.3 Å². The predicted molar refractivity (Wildman–Crippen MR) is 175 cm³/mol. The third-order valence-electron chi connectivity index (χ3n) is 8.67. The second-order valence-electron chi connectivity index (χ2n) is 12.2. The van der Waals surface area contributed by atoms with Crippen LogP contribution in [0.2, 0.25) is 0 Å². The highest BCUT2D eigenvalue weighted by Gasteiger charge is 2.22. The second kappa shape index (κ2) is 12.7. The summed E-state index contributed by atoms with van der Waals surface area (Å²) >= 11 is 0. The van der Waals surface area contributed by atoms with Gasteiger partial charge in [0.1, 0.15) is 11.4 Å². The molecule has 2 aromatic heterocycles. The maximum Gasteiger partial charge on any atom is 0.274 e. The van der Waals surface area contributed by atoms with Gasteiger partial charge in [-0.2, -0.15) is 0 Å². The minimum Gasteiger partial charge on any atom is -0.320 e. The van der Waals surface area contributed by atoms with Crippen LogP contribution < -0.4 is 21.3 Å². The molecule has 44 heavy (non-hydrogen) atoms. The maximum atomic E-state index is 13.2. The van der Waals surface area contributed by atoms with E-state index in [1.807, 2.05) is 76.2 Å². The van der Waals surface area contributed by atoms with Crippen molar-refractivity contribution in [3.63, 3.8) is 0 Å². The average molecular weight is 589 g/mol. The van der Waals surface area contributed by atoms with E-state index in [2.05, 4.69) is 31.2 Å². The number of nitrogens with one attached hydrogen (secondary N) is 4. The number of aromatic nitrogens is 2. The summed E-state index contributed by atoms with van der Waals surface area (Å²) in [4.78, 5) is 35.3. The first-order chi connectivity index (χ1) is 21.3. The standard InChI is InChI=1S/C36H40N6O2/c1-21-15-33(39-19-25(21)17-37-27-11-12-27)35(43)41-31-9-5-7-29(23(31)3)30-8-6-10-32(24(30)4)42-36(44)34-16-22(2)26(20-40-34)18-38-28-13-14-28/h5-10,15-16,19-20,27-28,37-38H,11-14,17-18H2,1-4H3,(H,41,43)(H,42,44). The van der Waals surface area contributed by atoms with Gasteiger partial charge in [0.25, 0.3) is 11.8 Å². The summed E-state index contributed by atoms with van der Waals surface area (Å²) in [5.41, 5.74) is 10.3. The smallest absolute Gasteiger partial charge is 0.274 e. The summed E-state index contributed by atoms with van der Waals surface area (Å²) in [6.45, 7) is 9.56. The van der Waals surface area contributed by atoms with Gasteiger partial charge in [-0.1, -0.05) is 24.3 Å². The van der Waals surface area contributed by atoms with Gasteiger partial charge in [-0.3, -0.25) is 19.6 Å². The lowest BCUT2D eigenvalue weighted by Gasteiger charge is -2.17. The Morgan fingerprint density at radius 2 is 1.07 bits per heavy atom. The Hall–Kier alpha value is -4.40. The number of hydrogen-bond donors (Lipinski definition) is 4. The van der Waals surface area contributed by atoms with Gasteiger partial charge in [-0.15, -0.1) is 0 Å². The molecule has 0 saturated heterocycles. The number of benzene rings is 2. The van der Waals surface area contributed by atoms with Gasteiger partial charge in [-0.05, 0) is 122 Å². The molecule has 0 spiro atoms.